The molecule has 0 aliphatic carbocycles. The van der Waals surface area contributed by atoms with E-state index in [-0.39, 0.29) is 11.9 Å². The number of alkyl halides is 3. The monoisotopic (exact) mass is 440 g/mol. The number of rotatable bonds is 8. The molecular formula is C26H27F3N2O. The van der Waals surface area contributed by atoms with Crippen molar-refractivity contribution in [3.05, 3.63) is 107 Å². The van der Waals surface area contributed by atoms with Gasteiger partial charge in [0.2, 0.25) is 5.91 Å². The van der Waals surface area contributed by atoms with Crippen LogP contribution in [0.1, 0.15) is 46.3 Å². The van der Waals surface area contributed by atoms with Crippen LogP contribution in [0.3, 0.4) is 0 Å². The van der Waals surface area contributed by atoms with Gasteiger partial charge in [-0.3, -0.25) is 10.1 Å². The van der Waals surface area contributed by atoms with Crippen molar-refractivity contribution >= 4 is 5.91 Å². The molecule has 0 unspecified atom stereocenters. The van der Waals surface area contributed by atoms with Crippen molar-refractivity contribution in [2.24, 2.45) is 0 Å². The second kappa shape index (κ2) is 10.5. The summed E-state index contributed by atoms with van der Waals surface area (Å²) in [6, 6.07) is 22.1. The lowest BCUT2D eigenvalue weighted by Gasteiger charge is -2.26. The van der Waals surface area contributed by atoms with Crippen LogP contribution in [0.15, 0.2) is 78.9 Å². The molecule has 0 aliphatic rings. The van der Waals surface area contributed by atoms with Crippen molar-refractivity contribution in [3.63, 3.8) is 0 Å². The zero-order valence-corrected chi connectivity index (χ0v) is 18.1. The summed E-state index contributed by atoms with van der Waals surface area (Å²) in [5.41, 5.74) is 3.15. The van der Waals surface area contributed by atoms with E-state index in [0.29, 0.717) is 12.8 Å². The Labute approximate surface area is 186 Å². The van der Waals surface area contributed by atoms with Gasteiger partial charge < -0.3 is 5.32 Å². The summed E-state index contributed by atoms with van der Waals surface area (Å²) < 4.78 is 38.6. The van der Waals surface area contributed by atoms with Crippen LogP contribution in [-0.4, -0.2) is 13.0 Å². The SMILES string of the molecule is CNC(=O)[C@@H](N[C@H](CCc1ccc(C(F)(F)F)cc1)c1ccc(C)cc1)c1ccccc1. The van der Waals surface area contributed by atoms with Crippen molar-refractivity contribution in [2.75, 3.05) is 7.05 Å². The van der Waals surface area contributed by atoms with Gasteiger partial charge in [0.1, 0.15) is 6.04 Å². The maximum atomic E-state index is 12.9. The summed E-state index contributed by atoms with van der Waals surface area (Å²) in [6.07, 6.45) is -3.16. The number of carbonyl (C=O) groups is 1. The quantitative estimate of drug-likeness (QED) is 0.467. The normalized spacial score (nSPS) is 13.4. The van der Waals surface area contributed by atoms with Gasteiger partial charge >= 0.3 is 6.18 Å². The molecule has 32 heavy (non-hydrogen) atoms. The Kier molecular flexibility index (Phi) is 7.70. The average Bonchev–Trinajstić information content (AvgIpc) is 2.80. The van der Waals surface area contributed by atoms with Crippen LogP contribution in [0.2, 0.25) is 0 Å². The fourth-order valence-corrected chi connectivity index (χ4v) is 3.63. The Balaban J connectivity index is 1.83. The smallest absolute Gasteiger partial charge is 0.358 e. The van der Waals surface area contributed by atoms with Gasteiger partial charge in [-0.2, -0.15) is 13.2 Å². The number of benzene rings is 3. The van der Waals surface area contributed by atoms with E-state index in [1.807, 2.05) is 61.5 Å². The number of aryl methyl sites for hydroxylation is 2. The molecule has 3 nitrogen and oxygen atoms in total. The number of amides is 1. The van der Waals surface area contributed by atoms with Crippen molar-refractivity contribution in [3.8, 4) is 0 Å². The first-order valence-corrected chi connectivity index (χ1v) is 10.5. The first-order chi connectivity index (χ1) is 15.3. The van der Waals surface area contributed by atoms with Crippen molar-refractivity contribution in [1.29, 1.82) is 0 Å². The maximum absolute atomic E-state index is 12.9. The van der Waals surface area contributed by atoms with E-state index < -0.39 is 17.8 Å². The summed E-state index contributed by atoms with van der Waals surface area (Å²) in [4.78, 5) is 12.7. The van der Waals surface area contributed by atoms with Gasteiger partial charge in [-0.15, -0.1) is 0 Å². The van der Waals surface area contributed by atoms with Crippen LogP contribution in [0, 0.1) is 6.92 Å². The largest absolute Gasteiger partial charge is 0.416 e. The highest BCUT2D eigenvalue weighted by molar-refractivity contribution is 5.83. The summed E-state index contributed by atoms with van der Waals surface area (Å²) in [5.74, 6) is -0.150. The third-order valence-corrected chi connectivity index (χ3v) is 5.49. The first-order valence-electron chi connectivity index (χ1n) is 10.5. The highest BCUT2D eigenvalue weighted by Gasteiger charge is 2.30. The number of likely N-dealkylation sites (N-methyl/N-ethyl adjacent to an activating group) is 1. The van der Waals surface area contributed by atoms with Crippen molar-refractivity contribution in [2.45, 2.75) is 38.0 Å². The van der Waals surface area contributed by atoms with Gasteiger partial charge in [-0.05, 0) is 48.6 Å². The molecule has 0 radical (unpaired) electrons. The average molecular weight is 441 g/mol. The van der Waals surface area contributed by atoms with Crippen molar-refractivity contribution < 1.29 is 18.0 Å². The molecule has 0 spiro atoms. The molecule has 0 aliphatic heterocycles. The molecule has 0 aromatic heterocycles. The zero-order chi connectivity index (χ0) is 23.1. The van der Waals surface area contributed by atoms with E-state index in [1.165, 1.54) is 12.1 Å². The van der Waals surface area contributed by atoms with Crippen LogP contribution in [0.25, 0.3) is 0 Å². The minimum absolute atomic E-state index is 0.150. The number of carbonyl (C=O) groups excluding carboxylic acids is 1. The number of hydrogen-bond acceptors (Lipinski definition) is 2. The predicted octanol–water partition coefficient (Wildman–Crippen LogP) is 5.76. The summed E-state index contributed by atoms with van der Waals surface area (Å²) in [5, 5.41) is 6.19. The third-order valence-electron chi connectivity index (χ3n) is 5.49. The highest BCUT2D eigenvalue weighted by Crippen LogP contribution is 2.30. The molecule has 0 heterocycles. The van der Waals surface area contributed by atoms with Crippen LogP contribution in [0.5, 0.6) is 0 Å². The molecule has 1 amide bonds. The van der Waals surface area contributed by atoms with Gasteiger partial charge in [0.25, 0.3) is 0 Å². The molecule has 0 saturated heterocycles. The standard InChI is InChI=1S/C26H27F3N2O/c1-18-8-13-20(14-9-18)23(17-12-19-10-15-22(16-11-19)26(27,28)29)31-24(25(32)30-2)21-6-4-3-5-7-21/h3-11,13-16,23-24,31H,12,17H2,1-2H3,(H,30,32)/t23-,24+/m1/s1. The lowest BCUT2D eigenvalue weighted by molar-refractivity contribution is -0.137. The Morgan fingerprint density at radius 1 is 0.875 bits per heavy atom. The van der Waals surface area contributed by atoms with Gasteiger partial charge in [0.05, 0.1) is 5.56 Å². The van der Waals surface area contributed by atoms with E-state index in [1.54, 1.807) is 7.05 Å². The van der Waals surface area contributed by atoms with E-state index in [4.69, 9.17) is 0 Å². The van der Waals surface area contributed by atoms with Crippen LogP contribution in [0.4, 0.5) is 13.2 Å². The van der Waals surface area contributed by atoms with E-state index in [2.05, 4.69) is 10.6 Å². The molecule has 3 aromatic carbocycles. The Bertz CT molecular complexity index is 1000. The molecule has 2 N–H and O–H groups in total. The van der Waals surface area contributed by atoms with Gasteiger partial charge in [0, 0.05) is 13.1 Å². The van der Waals surface area contributed by atoms with E-state index >= 15 is 0 Å². The lowest BCUT2D eigenvalue weighted by Crippen LogP contribution is -2.38. The molecule has 3 rings (SSSR count). The molecule has 0 saturated carbocycles. The Hall–Kier alpha value is -3.12. The summed E-state index contributed by atoms with van der Waals surface area (Å²) in [7, 11) is 1.60. The topological polar surface area (TPSA) is 41.1 Å². The van der Waals surface area contributed by atoms with Crippen LogP contribution < -0.4 is 10.6 Å². The predicted molar refractivity (Wildman–Crippen MR) is 120 cm³/mol. The summed E-state index contributed by atoms with van der Waals surface area (Å²) in [6.45, 7) is 2.01. The Morgan fingerprint density at radius 2 is 1.50 bits per heavy atom. The first kappa shape index (κ1) is 23.5. The van der Waals surface area contributed by atoms with Gasteiger partial charge in [-0.1, -0.05) is 72.3 Å². The molecule has 6 heteroatoms. The molecule has 0 bridgehead atoms. The fraction of sp³-hybridized carbons (Fsp3) is 0.269. The van der Waals surface area contributed by atoms with Crippen LogP contribution in [-0.2, 0) is 17.4 Å². The minimum Gasteiger partial charge on any atom is -0.358 e. The number of nitrogens with one attached hydrogen (secondary N) is 2. The molecule has 3 aromatic rings. The highest BCUT2D eigenvalue weighted by atomic mass is 19.4. The maximum Gasteiger partial charge on any atom is 0.416 e. The van der Waals surface area contributed by atoms with E-state index in [0.717, 1.165) is 34.4 Å². The van der Waals surface area contributed by atoms with Crippen molar-refractivity contribution in [1.82, 2.24) is 10.6 Å². The lowest BCUT2D eigenvalue weighted by atomic mass is 9.95. The van der Waals surface area contributed by atoms with Gasteiger partial charge in [-0.25, -0.2) is 0 Å². The fourth-order valence-electron chi connectivity index (χ4n) is 3.63. The second-order valence-electron chi connectivity index (χ2n) is 7.82. The zero-order valence-electron chi connectivity index (χ0n) is 18.1. The molecule has 2 atom stereocenters. The molecule has 0 fully saturated rings. The molecular weight excluding hydrogens is 413 g/mol. The minimum atomic E-state index is -4.35. The van der Waals surface area contributed by atoms with E-state index in [9.17, 15) is 18.0 Å². The number of hydrogen-bond donors (Lipinski definition) is 2. The second-order valence-corrected chi connectivity index (χ2v) is 7.82. The molecule has 168 valence electrons. The Morgan fingerprint density at radius 3 is 2.06 bits per heavy atom. The van der Waals surface area contributed by atoms with Gasteiger partial charge in [0.15, 0.2) is 0 Å². The van der Waals surface area contributed by atoms with Crippen LogP contribution >= 0.6 is 0 Å². The summed E-state index contributed by atoms with van der Waals surface area (Å²) >= 11 is 0. The number of halogens is 3. The third kappa shape index (κ3) is 6.20.